The van der Waals surface area contributed by atoms with Gasteiger partial charge in [0.05, 0.1) is 17.6 Å². The van der Waals surface area contributed by atoms with Crippen molar-refractivity contribution >= 4 is 15.8 Å². The maximum atomic E-state index is 12.1. The molecule has 0 radical (unpaired) electrons. The molecule has 0 aliphatic carbocycles. The number of carbonyl (C=O) groups is 1. The number of nitrogens with zero attached hydrogens (tertiary/aromatic N) is 1. The molecule has 0 bridgehead atoms. The van der Waals surface area contributed by atoms with Gasteiger partial charge in [0.1, 0.15) is 5.75 Å². The fourth-order valence-corrected chi connectivity index (χ4v) is 2.58. The van der Waals surface area contributed by atoms with Crippen molar-refractivity contribution in [3.05, 3.63) is 23.8 Å². The van der Waals surface area contributed by atoms with Gasteiger partial charge in [-0.25, -0.2) is 12.7 Å². The molecule has 0 heterocycles. The summed E-state index contributed by atoms with van der Waals surface area (Å²) in [6.45, 7) is -0.0935. The number of aliphatic hydroxyl groups is 1. The van der Waals surface area contributed by atoms with Crippen molar-refractivity contribution < 1.29 is 23.1 Å². The predicted octanol–water partition coefficient (Wildman–Crippen LogP) is 0.901. The van der Waals surface area contributed by atoms with Gasteiger partial charge in [-0.15, -0.1) is 0 Å². The molecule has 0 atom stereocenters. The van der Waals surface area contributed by atoms with Crippen molar-refractivity contribution in [1.82, 2.24) is 4.31 Å². The Morgan fingerprint density at radius 2 is 2.00 bits per heavy atom. The number of carbonyl (C=O) groups excluding carboxylic acids is 1. The number of hydrogen-bond donors (Lipinski definition) is 1. The summed E-state index contributed by atoms with van der Waals surface area (Å²) in [6.07, 6.45) is 0.463. The highest BCUT2D eigenvalue weighted by Crippen LogP contribution is 2.25. The molecule has 1 aromatic rings. The molecular weight excluding hydrogens is 282 g/mol. The maximum Gasteiger partial charge on any atom is 0.242 e. The van der Waals surface area contributed by atoms with Crippen LogP contribution >= 0.6 is 0 Å². The maximum absolute atomic E-state index is 12.1. The summed E-state index contributed by atoms with van der Waals surface area (Å²) in [5, 5.41) is 8.76. The highest BCUT2D eigenvalue weighted by Gasteiger charge is 2.21. The molecule has 6 nitrogen and oxygen atoms in total. The van der Waals surface area contributed by atoms with E-state index in [0.29, 0.717) is 12.2 Å². The minimum absolute atomic E-state index is 0.0376. The van der Waals surface area contributed by atoms with E-state index in [1.54, 1.807) is 0 Å². The summed E-state index contributed by atoms with van der Waals surface area (Å²) in [4.78, 5) is 12.1. The van der Waals surface area contributed by atoms with Crippen LogP contribution in [0.1, 0.15) is 23.2 Å². The molecule has 1 aromatic carbocycles. The number of Topliss-reactive ketones (excluding diaryl/α,β-unsaturated/α-hetero) is 1. The average molecular weight is 301 g/mol. The molecule has 0 aromatic heterocycles. The smallest absolute Gasteiger partial charge is 0.242 e. The first-order valence-corrected chi connectivity index (χ1v) is 7.53. The second kappa shape index (κ2) is 6.83. The lowest BCUT2D eigenvalue weighted by Crippen LogP contribution is -2.22. The van der Waals surface area contributed by atoms with E-state index >= 15 is 0 Å². The van der Waals surface area contributed by atoms with Gasteiger partial charge < -0.3 is 9.84 Å². The topological polar surface area (TPSA) is 83.9 Å². The van der Waals surface area contributed by atoms with Crippen LogP contribution in [0.5, 0.6) is 5.75 Å². The van der Waals surface area contributed by atoms with Gasteiger partial charge >= 0.3 is 0 Å². The van der Waals surface area contributed by atoms with Gasteiger partial charge in [-0.05, 0) is 24.6 Å². The lowest BCUT2D eigenvalue weighted by molar-refractivity contribution is 0.0968. The molecule has 1 rings (SSSR count). The van der Waals surface area contributed by atoms with Crippen molar-refractivity contribution in [2.75, 3.05) is 27.8 Å². The van der Waals surface area contributed by atoms with Crippen molar-refractivity contribution in [1.29, 1.82) is 0 Å². The lowest BCUT2D eigenvalue weighted by Gasteiger charge is -2.14. The molecule has 112 valence electrons. The SMILES string of the molecule is COc1ccc(S(=O)(=O)N(C)C)cc1C(=O)CCCO. The molecule has 7 heteroatoms. The number of ether oxygens (including phenoxy) is 1. The molecule has 0 aliphatic heterocycles. The Balaban J connectivity index is 3.25. The van der Waals surface area contributed by atoms with Crippen molar-refractivity contribution in [3.8, 4) is 5.75 Å². The van der Waals surface area contributed by atoms with Gasteiger partial charge in [-0.2, -0.15) is 0 Å². The summed E-state index contributed by atoms with van der Waals surface area (Å²) < 4.78 is 30.3. The van der Waals surface area contributed by atoms with Crippen LogP contribution in [-0.4, -0.2) is 51.4 Å². The standard InChI is InChI=1S/C13H19NO5S/c1-14(2)20(17,18)10-6-7-13(19-3)11(9-10)12(16)5-4-8-15/h6-7,9,15H,4-5,8H2,1-3H3. The second-order valence-corrected chi connectivity index (χ2v) is 6.55. The van der Waals surface area contributed by atoms with E-state index in [1.165, 1.54) is 39.4 Å². The third-order valence-corrected chi connectivity index (χ3v) is 4.62. The van der Waals surface area contributed by atoms with Crippen LogP contribution in [-0.2, 0) is 10.0 Å². The Morgan fingerprint density at radius 1 is 1.35 bits per heavy atom. The van der Waals surface area contributed by atoms with Crippen LogP contribution in [0.15, 0.2) is 23.1 Å². The van der Waals surface area contributed by atoms with Crippen molar-refractivity contribution in [2.24, 2.45) is 0 Å². The zero-order chi connectivity index (χ0) is 15.3. The van der Waals surface area contributed by atoms with E-state index in [1.807, 2.05) is 0 Å². The monoisotopic (exact) mass is 301 g/mol. The number of methoxy groups -OCH3 is 1. The Labute approximate surface area is 119 Å². The highest BCUT2D eigenvalue weighted by molar-refractivity contribution is 7.89. The first kappa shape index (κ1) is 16.6. The molecule has 0 saturated carbocycles. The molecule has 0 spiro atoms. The third-order valence-electron chi connectivity index (χ3n) is 2.81. The lowest BCUT2D eigenvalue weighted by atomic mass is 10.1. The zero-order valence-corrected chi connectivity index (χ0v) is 12.6. The normalized spacial score (nSPS) is 11.7. The largest absolute Gasteiger partial charge is 0.496 e. The van der Waals surface area contributed by atoms with Gasteiger partial charge in [-0.3, -0.25) is 4.79 Å². The quantitative estimate of drug-likeness (QED) is 0.756. The number of benzene rings is 1. The Bertz CT molecular complexity index is 580. The molecule has 0 fully saturated rings. The summed E-state index contributed by atoms with van der Waals surface area (Å²) >= 11 is 0. The third kappa shape index (κ3) is 3.56. The molecule has 0 unspecified atom stereocenters. The summed E-state index contributed by atoms with van der Waals surface area (Å²) in [7, 11) is 0.660. The average Bonchev–Trinajstić information content (AvgIpc) is 2.43. The first-order chi connectivity index (χ1) is 9.34. The van der Waals surface area contributed by atoms with Crippen LogP contribution in [0.25, 0.3) is 0 Å². The minimum atomic E-state index is -3.60. The Hall–Kier alpha value is -1.44. The first-order valence-electron chi connectivity index (χ1n) is 6.09. The Morgan fingerprint density at radius 3 is 2.50 bits per heavy atom. The van der Waals surface area contributed by atoms with E-state index in [2.05, 4.69) is 0 Å². The molecule has 0 saturated heterocycles. The van der Waals surface area contributed by atoms with Crippen molar-refractivity contribution in [2.45, 2.75) is 17.7 Å². The zero-order valence-electron chi connectivity index (χ0n) is 11.8. The van der Waals surface area contributed by atoms with Crippen LogP contribution < -0.4 is 4.74 Å². The van der Waals surface area contributed by atoms with E-state index in [4.69, 9.17) is 9.84 Å². The summed E-state index contributed by atoms with van der Waals surface area (Å²) in [5.41, 5.74) is 0.212. The number of rotatable bonds is 7. The predicted molar refractivity (Wildman–Crippen MR) is 74.5 cm³/mol. The highest BCUT2D eigenvalue weighted by atomic mass is 32.2. The number of hydrogen-bond acceptors (Lipinski definition) is 5. The van der Waals surface area contributed by atoms with Gasteiger partial charge in [0.2, 0.25) is 10.0 Å². The molecule has 0 aliphatic rings. The van der Waals surface area contributed by atoms with Gasteiger partial charge in [0, 0.05) is 27.1 Å². The van der Waals surface area contributed by atoms with Crippen molar-refractivity contribution in [3.63, 3.8) is 0 Å². The van der Waals surface area contributed by atoms with Crippen LogP contribution in [0.4, 0.5) is 0 Å². The fraction of sp³-hybridized carbons (Fsp3) is 0.462. The number of sulfonamides is 1. The van der Waals surface area contributed by atoms with E-state index in [-0.39, 0.29) is 29.3 Å². The number of ketones is 1. The van der Waals surface area contributed by atoms with Gasteiger partial charge in [0.25, 0.3) is 0 Å². The van der Waals surface area contributed by atoms with E-state index < -0.39 is 10.0 Å². The molecular formula is C13H19NO5S. The number of aliphatic hydroxyl groups excluding tert-OH is 1. The summed E-state index contributed by atoms with van der Waals surface area (Å²) in [6, 6.07) is 4.17. The summed E-state index contributed by atoms with van der Waals surface area (Å²) in [5.74, 6) is 0.0670. The van der Waals surface area contributed by atoms with Gasteiger partial charge in [0.15, 0.2) is 5.78 Å². The minimum Gasteiger partial charge on any atom is -0.496 e. The second-order valence-electron chi connectivity index (χ2n) is 4.40. The van der Waals surface area contributed by atoms with Crippen LogP contribution in [0, 0.1) is 0 Å². The van der Waals surface area contributed by atoms with Crippen LogP contribution in [0.2, 0.25) is 0 Å². The molecule has 1 N–H and O–H groups in total. The molecule has 0 amide bonds. The van der Waals surface area contributed by atoms with Gasteiger partial charge in [-0.1, -0.05) is 0 Å². The van der Waals surface area contributed by atoms with Crippen LogP contribution in [0.3, 0.4) is 0 Å². The molecule has 20 heavy (non-hydrogen) atoms. The Kier molecular flexibility index (Phi) is 5.67. The van der Waals surface area contributed by atoms with E-state index in [0.717, 1.165) is 4.31 Å². The van der Waals surface area contributed by atoms with E-state index in [9.17, 15) is 13.2 Å². The fourth-order valence-electron chi connectivity index (χ4n) is 1.65.